The van der Waals surface area contributed by atoms with Crippen molar-refractivity contribution in [1.82, 2.24) is 10.2 Å². The van der Waals surface area contributed by atoms with E-state index in [9.17, 15) is 4.79 Å². The molecule has 0 aliphatic rings. The van der Waals surface area contributed by atoms with E-state index >= 15 is 0 Å². The third kappa shape index (κ3) is 4.54. The first kappa shape index (κ1) is 15.5. The fourth-order valence-electron chi connectivity index (χ4n) is 2.01. The average Bonchev–Trinajstić information content (AvgIpc) is 2.40. The molecular formula is C14H23N3O2. The molecule has 0 bridgehead atoms. The van der Waals surface area contributed by atoms with E-state index in [4.69, 9.17) is 10.5 Å². The maximum absolute atomic E-state index is 11.6. The van der Waals surface area contributed by atoms with Crippen LogP contribution in [0.2, 0.25) is 0 Å². The lowest BCUT2D eigenvalue weighted by atomic mass is 10.1. The first-order chi connectivity index (χ1) is 9.12. The second-order valence-electron chi connectivity index (χ2n) is 4.40. The quantitative estimate of drug-likeness (QED) is 0.764. The number of hydrogen-bond acceptors (Lipinski definition) is 4. The fourth-order valence-corrected chi connectivity index (χ4v) is 2.01. The van der Waals surface area contributed by atoms with Crippen LogP contribution in [0.4, 0.5) is 0 Å². The van der Waals surface area contributed by atoms with Gasteiger partial charge in [-0.1, -0.05) is 12.1 Å². The van der Waals surface area contributed by atoms with Gasteiger partial charge in [-0.25, -0.2) is 0 Å². The van der Waals surface area contributed by atoms with Crippen molar-refractivity contribution in [3.63, 3.8) is 0 Å². The number of nitrogens with zero attached hydrogens (tertiary/aromatic N) is 1. The first-order valence-electron chi connectivity index (χ1n) is 6.43. The zero-order valence-corrected chi connectivity index (χ0v) is 11.8. The van der Waals surface area contributed by atoms with Crippen molar-refractivity contribution in [3.05, 3.63) is 29.8 Å². The molecule has 5 heteroatoms. The van der Waals surface area contributed by atoms with Crippen molar-refractivity contribution in [2.24, 2.45) is 5.73 Å². The maximum Gasteiger partial charge on any atom is 0.234 e. The van der Waals surface area contributed by atoms with Gasteiger partial charge in [0.2, 0.25) is 5.91 Å². The molecule has 0 aromatic heterocycles. The Morgan fingerprint density at radius 2 is 2.26 bits per heavy atom. The van der Waals surface area contributed by atoms with E-state index in [1.807, 2.05) is 43.1 Å². The van der Waals surface area contributed by atoms with E-state index in [0.29, 0.717) is 19.6 Å². The molecule has 1 unspecified atom stereocenters. The lowest BCUT2D eigenvalue weighted by Crippen LogP contribution is -2.39. The molecule has 0 fully saturated rings. The van der Waals surface area contributed by atoms with Gasteiger partial charge in [0.25, 0.3) is 0 Å². The number of nitrogens with one attached hydrogen (secondary N) is 1. The predicted octanol–water partition coefficient (Wildman–Crippen LogP) is 0.763. The number of nitrogens with two attached hydrogens (primary N) is 1. The smallest absolute Gasteiger partial charge is 0.234 e. The Morgan fingerprint density at radius 3 is 2.84 bits per heavy atom. The molecule has 1 aromatic carbocycles. The van der Waals surface area contributed by atoms with Crippen LogP contribution in [0.15, 0.2) is 24.3 Å². The van der Waals surface area contributed by atoms with Gasteiger partial charge in [0.15, 0.2) is 0 Å². The number of carbonyl (C=O) groups excluding carboxylic acids is 1. The lowest BCUT2D eigenvalue weighted by Gasteiger charge is -2.27. The van der Waals surface area contributed by atoms with Gasteiger partial charge >= 0.3 is 0 Å². The monoisotopic (exact) mass is 265 g/mol. The first-order valence-corrected chi connectivity index (χ1v) is 6.43. The van der Waals surface area contributed by atoms with Crippen molar-refractivity contribution < 1.29 is 9.53 Å². The second kappa shape index (κ2) is 7.76. The van der Waals surface area contributed by atoms with E-state index in [-0.39, 0.29) is 11.9 Å². The van der Waals surface area contributed by atoms with Crippen LogP contribution in [0.5, 0.6) is 5.75 Å². The van der Waals surface area contributed by atoms with Crippen molar-refractivity contribution in [1.29, 1.82) is 0 Å². The van der Waals surface area contributed by atoms with Crippen LogP contribution in [-0.4, -0.2) is 44.6 Å². The highest BCUT2D eigenvalue weighted by molar-refractivity contribution is 5.77. The van der Waals surface area contributed by atoms with Gasteiger partial charge in [0.05, 0.1) is 13.7 Å². The minimum absolute atomic E-state index is 0.00212. The van der Waals surface area contributed by atoms with Crippen LogP contribution >= 0.6 is 0 Å². The molecule has 5 nitrogen and oxygen atoms in total. The van der Waals surface area contributed by atoms with Crippen LogP contribution in [-0.2, 0) is 4.79 Å². The lowest BCUT2D eigenvalue weighted by molar-refractivity contribution is -0.122. The molecule has 0 aliphatic carbocycles. The number of rotatable bonds is 7. The Morgan fingerprint density at radius 1 is 1.53 bits per heavy atom. The Balaban J connectivity index is 2.78. The SMILES string of the molecule is CCNC(=O)CN(C)C(CN)c1cccc(OC)c1. The van der Waals surface area contributed by atoms with E-state index in [2.05, 4.69) is 5.32 Å². The Labute approximate surface area is 114 Å². The Hall–Kier alpha value is -1.59. The highest BCUT2D eigenvalue weighted by Gasteiger charge is 2.18. The summed E-state index contributed by atoms with van der Waals surface area (Å²) in [6.45, 7) is 3.31. The van der Waals surface area contributed by atoms with Crippen molar-refractivity contribution in [2.45, 2.75) is 13.0 Å². The molecule has 1 amide bonds. The van der Waals surface area contributed by atoms with E-state index in [1.54, 1.807) is 7.11 Å². The summed E-state index contributed by atoms with van der Waals surface area (Å²) in [6, 6.07) is 7.76. The average molecular weight is 265 g/mol. The summed E-state index contributed by atoms with van der Waals surface area (Å²) in [6.07, 6.45) is 0. The number of likely N-dealkylation sites (N-methyl/N-ethyl adjacent to an activating group) is 2. The molecule has 0 saturated carbocycles. The summed E-state index contributed by atoms with van der Waals surface area (Å²) in [5.74, 6) is 0.800. The molecular weight excluding hydrogens is 242 g/mol. The zero-order chi connectivity index (χ0) is 14.3. The van der Waals surface area contributed by atoms with Crippen LogP contribution in [0, 0.1) is 0 Å². The third-order valence-electron chi connectivity index (χ3n) is 3.00. The number of benzene rings is 1. The number of ether oxygens (including phenoxy) is 1. The van der Waals surface area contributed by atoms with Crippen LogP contribution < -0.4 is 15.8 Å². The minimum atomic E-state index is -0.00212. The number of hydrogen-bond donors (Lipinski definition) is 2. The standard InChI is InChI=1S/C14H23N3O2/c1-4-16-14(18)10-17(2)13(9-15)11-6-5-7-12(8-11)19-3/h5-8,13H,4,9-10,15H2,1-3H3,(H,16,18). The van der Waals surface area contributed by atoms with Crippen molar-refractivity contribution in [3.8, 4) is 5.75 Å². The van der Waals surface area contributed by atoms with Gasteiger partial charge in [-0.2, -0.15) is 0 Å². The topological polar surface area (TPSA) is 67.6 Å². The van der Waals surface area contributed by atoms with Gasteiger partial charge in [-0.05, 0) is 31.7 Å². The molecule has 106 valence electrons. The highest BCUT2D eigenvalue weighted by atomic mass is 16.5. The zero-order valence-electron chi connectivity index (χ0n) is 11.8. The van der Waals surface area contributed by atoms with Gasteiger partial charge in [0.1, 0.15) is 5.75 Å². The second-order valence-corrected chi connectivity index (χ2v) is 4.40. The summed E-state index contributed by atoms with van der Waals surface area (Å²) in [5, 5.41) is 2.78. The molecule has 1 aromatic rings. The summed E-state index contributed by atoms with van der Waals surface area (Å²) in [5.41, 5.74) is 6.88. The summed E-state index contributed by atoms with van der Waals surface area (Å²) < 4.78 is 5.21. The van der Waals surface area contributed by atoms with Crippen LogP contribution in [0.1, 0.15) is 18.5 Å². The molecule has 0 spiro atoms. The molecule has 0 radical (unpaired) electrons. The molecule has 1 atom stereocenters. The number of carbonyl (C=O) groups is 1. The van der Waals surface area contributed by atoms with E-state index in [0.717, 1.165) is 11.3 Å². The largest absolute Gasteiger partial charge is 0.497 e. The molecule has 1 rings (SSSR count). The third-order valence-corrected chi connectivity index (χ3v) is 3.00. The van der Waals surface area contributed by atoms with E-state index < -0.39 is 0 Å². The van der Waals surface area contributed by atoms with Gasteiger partial charge < -0.3 is 15.8 Å². The maximum atomic E-state index is 11.6. The van der Waals surface area contributed by atoms with Crippen LogP contribution in [0.25, 0.3) is 0 Å². The fraction of sp³-hybridized carbons (Fsp3) is 0.500. The van der Waals surface area contributed by atoms with Gasteiger partial charge in [-0.3, -0.25) is 9.69 Å². The molecule has 3 N–H and O–H groups in total. The predicted molar refractivity (Wildman–Crippen MR) is 76.1 cm³/mol. The summed E-state index contributed by atoms with van der Waals surface area (Å²) in [4.78, 5) is 13.6. The Kier molecular flexibility index (Phi) is 6.32. The molecule has 0 aliphatic heterocycles. The van der Waals surface area contributed by atoms with Crippen molar-refractivity contribution in [2.75, 3.05) is 33.8 Å². The number of amides is 1. The van der Waals surface area contributed by atoms with Crippen molar-refractivity contribution >= 4 is 5.91 Å². The van der Waals surface area contributed by atoms with Crippen LogP contribution in [0.3, 0.4) is 0 Å². The summed E-state index contributed by atoms with van der Waals surface area (Å²) in [7, 11) is 3.53. The minimum Gasteiger partial charge on any atom is -0.497 e. The molecule has 0 heterocycles. The van der Waals surface area contributed by atoms with Gasteiger partial charge in [0, 0.05) is 19.1 Å². The summed E-state index contributed by atoms with van der Waals surface area (Å²) >= 11 is 0. The van der Waals surface area contributed by atoms with Gasteiger partial charge in [-0.15, -0.1) is 0 Å². The highest BCUT2D eigenvalue weighted by Crippen LogP contribution is 2.22. The van der Waals surface area contributed by atoms with E-state index in [1.165, 1.54) is 0 Å². The number of methoxy groups -OCH3 is 1. The molecule has 19 heavy (non-hydrogen) atoms. The normalized spacial score (nSPS) is 12.3. The molecule has 0 saturated heterocycles. The Bertz CT molecular complexity index is 409.